The summed E-state index contributed by atoms with van der Waals surface area (Å²) in [7, 11) is 0. The number of hydrogen-bond acceptors (Lipinski definition) is 3. The smallest absolute Gasteiger partial charge is 0.117 e. The topological polar surface area (TPSA) is 45.0 Å². The Morgan fingerprint density at radius 1 is 0.792 bits per heavy atom. The molecule has 1 saturated carbocycles. The monoisotopic (exact) mass is 318 g/mol. The summed E-state index contributed by atoms with van der Waals surface area (Å²) in [6.07, 6.45) is 5.01. The molecule has 1 N–H and O–H groups in total. The van der Waals surface area contributed by atoms with Crippen LogP contribution in [0, 0.1) is 5.92 Å². The van der Waals surface area contributed by atoms with Gasteiger partial charge in [-0.05, 0) is 18.4 Å². The second kappa shape index (κ2) is 6.33. The lowest BCUT2D eigenvalue weighted by Crippen LogP contribution is -2.51. The van der Waals surface area contributed by atoms with Gasteiger partial charge < -0.3 is 5.11 Å². The van der Waals surface area contributed by atoms with Crippen LogP contribution in [-0.4, -0.2) is 22.1 Å². The van der Waals surface area contributed by atoms with Crippen molar-refractivity contribution in [3.8, 4) is 0 Å². The Morgan fingerprint density at radius 2 is 1.46 bits per heavy atom. The summed E-state index contributed by atoms with van der Waals surface area (Å²) in [5, 5.41) is 20.8. The number of aliphatic hydroxyl groups is 1. The van der Waals surface area contributed by atoms with E-state index in [9.17, 15) is 5.11 Å². The van der Waals surface area contributed by atoms with E-state index in [-0.39, 0.29) is 5.92 Å². The van der Waals surface area contributed by atoms with Gasteiger partial charge in [0, 0.05) is 11.5 Å². The molecular formula is C21H22N2O. The molecule has 0 spiro atoms. The van der Waals surface area contributed by atoms with E-state index >= 15 is 0 Å². The van der Waals surface area contributed by atoms with E-state index in [1.54, 1.807) is 0 Å². The van der Waals surface area contributed by atoms with Gasteiger partial charge in [0.25, 0.3) is 0 Å². The van der Waals surface area contributed by atoms with E-state index in [4.69, 9.17) is 0 Å². The summed E-state index contributed by atoms with van der Waals surface area (Å²) in [6.45, 7) is 0. The fourth-order valence-electron chi connectivity index (χ4n) is 4.01. The molecule has 3 heteroatoms. The van der Waals surface area contributed by atoms with Crippen molar-refractivity contribution in [3.05, 3.63) is 71.8 Å². The van der Waals surface area contributed by atoms with Crippen LogP contribution in [0.25, 0.3) is 0 Å². The molecule has 122 valence electrons. The van der Waals surface area contributed by atoms with Gasteiger partial charge in [-0.25, -0.2) is 0 Å². The maximum absolute atomic E-state index is 11.7. The van der Waals surface area contributed by atoms with Crippen molar-refractivity contribution in [1.82, 2.24) is 0 Å². The Kier molecular flexibility index (Phi) is 4.03. The average Bonchev–Trinajstić information content (AvgIpc) is 2.84. The first kappa shape index (κ1) is 15.3. The van der Waals surface area contributed by atoms with Crippen LogP contribution in [0.3, 0.4) is 0 Å². The van der Waals surface area contributed by atoms with Crippen LogP contribution in [0.1, 0.15) is 43.2 Å². The average molecular weight is 318 g/mol. The Balaban J connectivity index is 1.85. The highest BCUT2D eigenvalue weighted by atomic mass is 16.3. The van der Waals surface area contributed by atoms with Gasteiger partial charge in [0.15, 0.2) is 0 Å². The third kappa shape index (κ3) is 2.59. The predicted octanol–water partition coefficient (Wildman–Crippen LogP) is 4.21. The first-order valence-electron chi connectivity index (χ1n) is 8.78. The summed E-state index contributed by atoms with van der Waals surface area (Å²) in [4.78, 5) is 0. The summed E-state index contributed by atoms with van der Waals surface area (Å²) >= 11 is 0. The lowest BCUT2D eigenvalue weighted by Gasteiger charge is -2.38. The minimum absolute atomic E-state index is 0.00936. The molecule has 0 aromatic heterocycles. The third-order valence-electron chi connectivity index (χ3n) is 5.24. The van der Waals surface area contributed by atoms with Crippen molar-refractivity contribution in [2.45, 2.75) is 37.7 Å². The maximum atomic E-state index is 11.7. The van der Waals surface area contributed by atoms with E-state index in [0.717, 1.165) is 54.7 Å². The minimum Gasteiger partial charge on any atom is -0.383 e. The summed E-state index contributed by atoms with van der Waals surface area (Å²) in [5.74, 6) is 0.00936. The van der Waals surface area contributed by atoms with Gasteiger partial charge in [-0.1, -0.05) is 79.9 Å². The molecule has 1 fully saturated rings. The quantitative estimate of drug-likeness (QED) is 0.886. The zero-order valence-corrected chi connectivity index (χ0v) is 13.7. The third-order valence-corrected chi connectivity index (χ3v) is 5.24. The van der Waals surface area contributed by atoms with E-state index in [2.05, 4.69) is 22.3 Å². The number of hydrogen-bond donors (Lipinski definition) is 1. The van der Waals surface area contributed by atoms with Crippen LogP contribution in [0.15, 0.2) is 70.9 Å². The number of fused-ring (bicyclic) bond motifs is 1. The lowest BCUT2D eigenvalue weighted by atomic mass is 9.72. The normalized spacial score (nSPS) is 26.8. The van der Waals surface area contributed by atoms with Crippen LogP contribution in [-0.2, 0) is 0 Å². The number of rotatable bonds is 2. The fraction of sp³-hybridized carbons (Fsp3) is 0.333. The number of nitrogens with zero attached hydrogens (tertiary/aromatic N) is 2. The maximum Gasteiger partial charge on any atom is 0.117 e. The first-order chi connectivity index (χ1) is 11.8. The van der Waals surface area contributed by atoms with Crippen molar-refractivity contribution in [3.63, 3.8) is 0 Å². The van der Waals surface area contributed by atoms with Crippen LogP contribution in [0.4, 0.5) is 0 Å². The van der Waals surface area contributed by atoms with Gasteiger partial charge in [-0.3, -0.25) is 0 Å². The highest BCUT2D eigenvalue weighted by Gasteiger charge is 2.47. The van der Waals surface area contributed by atoms with Gasteiger partial charge in [-0.15, -0.1) is 0 Å². The Bertz CT molecular complexity index is 767. The van der Waals surface area contributed by atoms with Crippen molar-refractivity contribution in [2.75, 3.05) is 0 Å². The molecule has 1 heterocycles. The summed E-state index contributed by atoms with van der Waals surface area (Å²) < 4.78 is 0. The Hall–Kier alpha value is -2.26. The number of benzene rings is 2. The van der Waals surface area contributed by atoms with Crippen molar-refractivity contribution < 1.29 is 5.11 Å². The molecule has 0 saturated heterocycles. The lowest BCUT2D eigenvalue weighted by molar-refractivity contribution is 0.0677. The molecule has 0 bridgehead atoms. The van der Waals surface area contributed by atoms with Gasteiger partial charge in [0.2, 0.25) is 0 Å². The van der Waals surface area contributed by atoms with Gasteiger partial charge in [0.1, 0.15) is 11.3 Å². The van der Waals surface area contributed by atoms with Crippen molar-refractivity contribution >= 4 is 11.4 Å². The Morgan fingerprint density at radius 3 is 2.17 bits per heavy atom. The predicted molar refractivity (Wildman–Crippen MR) is 97.5 cm³/mol. The minimum atomic E-state index is -0.926. The Labute approximate surface area is 142 Å². The zero-order chi connectivity index (χ0) is 16.4. The molecule has 4 rings (SSSR count). The highest BCUT2D eigenvalue weighted by Crippen LogP contribution is 2.40. The van der Waals surface area contributed by atoms with Crippen LogP contribution in [0.2, 0.25) is 0 Å². The van der Waals surface area contributed by atoms with Crippen molar-refractivity contribution in [1.29, 1.82) is 0 Å². The van der Waals surface area contributed by atoms with E-state index in [1.165, 1.54) is 0 Å². The second-order valence-corrected chi connectivity index (χ2v) is 6.74. The molecule has 0 amide bonds. The van der Waals surface area contributed by atoms with Crippen LogP contribution >= 0.6 is 0 Å². The highest BCUT2D eigenvalue weighted by molar-refractivity contribution is 6.15. The molecule has 1 aliphatic heterocycles. The first-order valence-corrected chi connectivity index (χ1v) is 8.78. The van der Waals surface area contributed by atoms with Gasteiger partial charge in [-0.2, -0.15) is 10.2 Å². The van der Waals surface area contributed by atoms with Gasteiger partial charge in [0.05, 0.1) is 5.71 Å². The molecule has 3 nitrogen and oxygen atoms in total. The SMILES string of the molecule is O[C@]12CCCCC[C@H]1C(c1ccccc1)=NN=C2c1ccccc1. The standard InChI is InChI=1S/C21H22N2O/c24-21-15-9-3-8-14-18(21)19(16-10-4-1-5-11-16)22-23-20(21)17-12-6-2-7-13-17/h1-2,4-7,10-13,18,24H,3,8-9,14-15H2/t18-,21+/m0/s1. The molecule has 2 aromatic carbocycles. The molecule has 0 unspecified atom stereocenters. The summed E-state index contributed by atoms with van der Waals surface area (Å²) in [5.41, 5.74) is 2.78. The molecule has 1 aliphatic carbocycles. The molecule has 2 aliphatic rings. The molecule has 2 aromatic rings. The zero-order valence-electron chi connectivity index (χ0n) is 13.7. The fourth-order valence-corrected chi connectivity index (χ4v) is 4.01. The molecule has 0 radical (unpaired) electrons. The molecule has 2 atom stereocenters. The summed E-state index contributed by atoms with van der Waals surface area (Å²) in [6, 6.07) is 20.2. The van der Waals surface area contributed by atoms with Gasteiger partial charge >= 0.3 is 0 Å². The van der Waals surface area contributed by atoms with Crippen LogP contribution in [0.5, 0.6) is 0 Å². The molecule has 24 heavy (non-hydrogen) atoms. The van der Waals surface area contributed by atoms with Crippen LogP contribution < -0.4 is 0 Å². The largest absolute Gasteiger partial charge is 0.383 e. The van der Waals surface area contributed by atoms with E-state index < -0.39 is 5.60 Å². The second-order valence-electron chi connectivity index (χ2n) is 6.74. The van der Waals surface area contributed by atoms with Crippen molar-refractivity contribution in [2.24, 2.45) is 16.1 Å². The van der Waals surface area contributed by atoms with E-state index in [1.807, 2.05) is 48.5 Å². The van der Waals surface area contributed by atoms with E-state index in [0.29, 0.717) is 0 Å². The molecular weight excluding hydrogens is 296 g/mol.